The van der Waals surface area contributed by atoms with Crippen molar-refractivity contribution < 1.29 is 4.74 Å². The van der Waals surface area contributed by atoms with Gasteiger partial charge in [-0.3, -0.25) is 0 Å². The van der Waals surface area contributed by atoms with Gasteiger partial charge in [0.1, 0.15) is 0 Å². The number of para-hydroxylation sites is 1. The normalized spacial score (nSPS) is 34.9. The van der Waals surface area contributed by atoms with Gasteiger partial charge in [0.15, 0.2) is 0 Å². The van der Waals surface area contributed by atoms with Crippen molar-refractivity contribution in [1.82, 2.24) is 9.97 Å². The fourth-order valence-electron chi connectivity index (χ4n) is 5.82. The van der Waals surface area contributed by atoms with Crippen LogP contribution in [0.3, 0.4) is 0 Å². The predicted octanol–water partition coefficient (Wildman–Crippen LogP) is 4.88. The van der Waals surface area contributed by atoms with Crippen LogP contribution in [-0.2, 0) is 0 Å². The highest BCUT2D eigenvalue weighted by molar-refractivity contribution is 6.28. The Labute approximate surface area is 141 Å². The van der Waals surface area contributed by atoms with Crippen LogP contribution in [0.2, 0.25) is 5.28 Å². The van der Waals surface area contributed by atoms with Gasteiger partial charge < -0.3 is 4.74 Å². The number of fused-ring (bicyclic) bond motifs is 1. The van der Waals surface area contributed by atoms with Crippen molar-refractivity contribution in [2.75, 3.05) is 6.61 Å². The fourth-order valence-corrected chi connectivity index (χ4v) is 5.99. The molecule has 3 nitrogen and oxygen atoms in total. The van der Waals surface area contributed by atoms with Crippen LogP contribution in [0.5, 0.6) is 5.88 Å². The van der Waals surface area contributed by atoms with E-state index in [1.165, 1.54) is 38.5 Å². The summed E-state index contributed by atoms with van der Waals surface area (Å²) in [5.74, 6) is 3.47. The molecular weight excluding hydrogens is 308 g/mol. The molecule has 0 spiro atoms. The van der Waals surface area contributed by atoms with Crippen molar-refractivity contribution in [3.63, 3.8) is 0 Å². The van der Waals surface area contributed by atoms with Gasteiger partial charge >= 0.3 is 0 Å². The van der Waals surface area contributed by atoms with E-state index in [0.29, 0.717) is 11.3 Å². The van der Waals surface area contributed by atoms with Gasteiger partial charge in [-0.05, 0) is 80.0 Å². The van der Waals surface area contributed by atoms with Gasteiger partial charge in [-0.1, -0.05) is 12.1 Å². The zero-order chi connectivity index (χ0) is 15.4. The molecule has 4 bridgehead atoms. The highest BCUT2D eigenvalue weighted by Gasteiger charge is 2.51. The van der Waals surface area contributed by atoms with Crippen LogP contribution in [0.1, 0.15) is 38.5 Å². The standard InChI is InChI=1S/C19H21ClN2O/c20-18-21-16-4-2-1-3-15(16)17(22-18)23-11-19-8-12-5-13(9-19)7-14(6-12)10-19/h1-4,12-14H,5-11H2. The average Bonchev–Trinajstić information content (AvgIpc) is 2.51. The molecule has 0 radical (unpaired) electrons. The van der Waals surface area contributed by atoms with Crippen LogP contribution < -0.4 is 4.74 Å². The number of halogens is 1. The van der Waals surface area contributed by atoms with Gasteiger partial charge in [-0.2, -0.15) is 4.98 Å². The Kier molecular flexibility index (Phi) is 3.09. The third kappa shape index (κ3) is 2.40. The van der Waals surface area contributed by atoms with Crippen LogP contribution in [0.15, 0.2) is 24.3 Å². The third-order valence-corrected chi connectivity index (χ3v) is 6.39. The molecule has 4 fully saturated rings. The molecule has 6 rings (SSSR count). The molecule has 0 aliphatic heterocycles. The Hall–Kier alpha value is -1.35. The van der Waals surface area contributed by atoms with Gasteiger partial charge in [0.2, 0.25) is 11.2 Å². The summed E-state index contributed by atoms with van der Waals surface area (Å²) in [6.45, 7) is 0.786. The van der Waals surface area contributed by atoms with Crippen molar-refractivity contribution in [3.8, 4) is 5.88 Å². The Morgan fingerprint density at radius 2 is 1.65 bits per heavy atom. The second kappa shape index (κ2) is 5.07. The Balaban J connectivity index is 1.43. The highest BCUT2D eigenvalue weighted by Crippen LogP contribution is 2.60. The van der Waals surface area contributed by atoms with Gasteiger partial charge in [0.05, 0.1) is 17.5 Å². The fraction of sp³-hybridized carbons (Fsp3) is 0.579. The average molecular weight is 329 g/mol. The second-order valence-electron chi connectivity index (χ2n) is 8.02. The summed E-state index contributed by atoms with van der Waals surface area (Å²) in [6, 6.07) is 7.94. The van der Waals surface area contributed by atoms with Crippen LogP contribution in [0, 0.1) is 23.2 Å². The van der Waals surface area contributed by atoms with E-state index >= 15 is 0 Å². The molecular formula is C19H21ClN2O. The topological polar surface area (TPSA) is 35.0 Å². The van der Waals surface area contributed by atoms with Crippen LogP contribution >= 0.6 is 11.6 Å². The van der Waals surface area contributed by atoms with Crippen molar-refractivity contribution in [1.29, 1.82) is 0 Å². The first-order valence-corrected chi connectivity index (χ1v) is 9.12. The molecule has 4 heteroatoms. The Bertz CT molecular complexity index is 725. The first-order chi connectivity index (χ1) is 11.2. The van der Waals surface area contributed by atoms with E-state index in [2.05, 4.69) is 9.97 Å². The number of rotatable bonds is 3. The lowest BCUT2D eigenvalue weighted by Crippen LogP contribution is -2.48. The monoisotopic (exact) mass is 328 g/mol. The Morgan fingerprint density at radius 1 is 1.00 bits per heavy atom. The molecule has 2 aromatic rings. The zero-order valence-electron chi connectivity index (χ0n) is 13.2. The van der Waals surface area contributed by atoms with E-state index in [9.17, 15) is 0 Å². The summed E-state index contributed by atoms with van der Waals surface area (Å²) in [6.07, 6.45) is 8.41. The lowest BCUT2D eigenvalue weighted by atomic mass is 9.50. The van der Waals surface area contributed by atoms with E-state index in [4.69, 9.17) is 16.3 Å². The molecule has 0 amide bonds. The molecule has 0 atom stereocenters. The number of nitrogens with zero attached hydrogens (tertiary/aromatic N) is 2. The minimum absolute atomic E-state index is 0.268. The molecule has 0 saturated heterocycles. The molecule has 0 N–H and O–H groups in total. The number of aromatic nitrogens is 2. The molecule has 4 aliphatic carbocycles. The lowest BCUT2D eigenvalue weighted by molar-refractivity contribution is -0.0749. The third-order valence-electron chi connectivity index (χ3n) is 6.22. The van der Waals surface area contributed by atoms with Gasteiger partial charge in [0.25, 0.3) is 0 Å². The number of benzene rings is 1. The highest BCUT2D eigenvalue weighted by atomic mass is 35.5. The summed E-state index contributed by atoms with van der Waals surface area (Å²) in [7, 11) is 0. The minimum Gasteiger partial charge on any atom is -0.477 e. The summed E-state index contributed by atoms with van der Waals surface area (Å²) >= 11 is 6.08. The largest absolute Gasteiger partial charge is 0.477 e. The Morgan fingerprint density at radius 3 is 2.35 bits per heavy atom. The first kappa shape index (κ1) is 14.0. The van der Waals surface area contributed by atoms with Crippen LogP contribution in [0.4, 0.5) is 0 Å². The van der Waals surface area contributed by atoms with E-state index in [1.807, 2.05) is 24.3 Å². The SMILES string of the molecule is Clc1nc(OCC23CC4CC(CC(C4)C2)C3)c2ccccc2n1. The maximum Gasteiger partial charge on any atom is 0.226 e. The maximum absolute atomic E-state index is 6.25. The minimum atomic E-state index is 0.268. The molecule has 4 saturated carbocycles. The van der Waals surface area contributed by atoms with Gasteiger partial charge in [-0.15, -0.1) is 0 Å². The van der Waals surface area contributed by atoms with E-state index < -0.39 is 0 Å². The number of hydrogen-bond acceptors (Lipinski definition) is 3. The second-order valence-corrected chi connectivity index (χ2v) is 8.36. The molecule has 0 unspecified atom stereocenters. The number of ether oxygens (including phenoxy) is 1. The van der Waals surface area contributed by atoms with E-state index in [0.717, 1.165) is 35.3 Å². The van der Waals surface area contributed by atoms with Crippen molar-refractivity contribution in [3.05, 3.63) is 29.5 Å². The van der Waals surface area contributed by atoms with Crippen LogP contribution in [-0.4, -0.2) is 16.6 Å². The quantitative estimate of drug-likeness (QED) is 0.753. The smallest absolute Gasteiger partial charge is 0.226 e. The van der Waals surface area contributed by atoms with Gasteiger partial charge in [0, 0.05) is 5.41 Å². The molecule has 1 aromatic carbocycles. The maximum atomic E-state index is 6.25. The summed E-state index contributed by atoms with van der Waals surface area (Å²) in [4.78, 5) is 8.64. The van der Waals surface area contributed by atoms with Gasteiger partial charge in [-0.25, -0.2) is 4.98 Å². The summed E-state index contributed by atoms with van der Waals surface area (Å²) in [5.41, 5.74) is 1.24. The van der Waals surface area contributed by atoms with E-state index in [1.54, 1.807) is 0 Å². The molecule has 4 aliphatic rings. The molecule has 23 heavy (non-hydrogen) atoms. The van der Waals surface area contributed by atoms with Crippen molar-refractivity contribution in [2.24, 2.45) is 23.2 Å². The van der Waals surface area contributed by atoms with Crippen LogP contribution in [0.25, 0.3) is 10.9 Å². The number of hydrogen-bond donors (Lipinski definition) is 0. The molecule has 120 valence electrons. The van der Waals surface area contributed by atoms with E-state index in [-0.39, 0.29) is 5.28 Å². The first-order valence-electron chi connectivity index (χ1n) is 8.74. The summed E-state index contributed by atoms with van der Waals surface area (Å²) < 4.78 is 6.25. The van der Waals surface area contributed by atoms with Crippen molar-refractivity contribution in [2.45, 2.75) is 38.5 Å². The zero-order valence-corrected chi connectivity index (χ0v) is 13.9. The molecule has 1 aromatic heterocycles. The molecule has 1 heterocycles. The predicted molar refractivity (Wildman–Crippen MR) is 90.6 cm³/mol. The lowest BCUT2D eigenvalue weighted by Gasteiger charge is -2.56. The van der Waals surface area contributed by atoms with Crippen molar-refractivity contribution >= 4 is 22.5 Å². The summed E-state index contributed by atoms with van der Waals surface area (Å²) in [5, 5.41) is 1.23.